The maximum atomic E-state index is 13.4. The molecular formula is C23H26FNO4S. The van der Waals surface area contributed by atoms with Crippen molar-refractivity contribution < 1.29 is 22.3 Å². The maximum absolute atomic E-state index is 13.4. The number of allylic oxidation sites excluding steroid dienone is 2. The zero-order valence-corrected chi connectivity index (χ0v) is 18.0. The Kier molecular flexibility index (Phi) is 5.84. The van der Waals surface area contributed by atoms with Gasteiger partial charge in [0.2, 0.25) is 9.84 Å². The van der Waals surface area contributed by atoms with Crippen LogP contribution in [0, 0.1) is 11.7 Å². The average molecular weight is 432 g/mol. The van der Waals surface area contributed by atoms with Crippen molar-refractivity contribution in [2.24, 2.45) is 5.92 Å². The fourth-order valence-electron chi connectivity index (χ4n) is 4.30. The zero-order valence-electron chi connectivity index (χ0n) is 17.2. The summed E-state index contributed by atoms with van der Waals surface area (Å²) in [5.74, 6) is 0.966. The van der Waals surface area contributed by atoms with Crippen LogP contribution < -0.4 is 9.47 Å². The van der Waals surface area contributed by atoms with Crippen LogP contribution in [-0.4, -0.2) is 40.6 Å². The highest BCUT2D eigenvalue weighted by Crippen LogP contribution is 2.41. The lowest BCUT2D eigenvalue weighted by molar-refractivity contribution is 0.195. The molecule has 0 N–H and O–H groups in total. The fraction of sp³-hybridized carbons (Fsp3) is 0.391. The Balaban J connectivity index is 1.45. The van der Waals surface area contributed by atoms with Crippen molar-refractivity contribution in [2.75, 3.05) is 27.3 Å². The third-order valence-corrected chi connectivity index (χ3v) is 7.84. The summed E-state index contributed by atoms with van der Waals surface area (Å²) in [5.41, 5.74) is 1.71. The summed E-state index contributed by atoms with van der Waals surface area (Å²) in [5, 5.41) is 0. The lowest BCUT2D eigenvalue weighted by atomic mass is 9.95. The number of piperidine rings is 1. The van der Waals surface area contributed by atoms with E-state index in [1.54, 1.807) is 31.4 Å². The molecule has 2 aromatic carbocycles. The van der Waals surface area contributed by atoms with Crippen molar-refractivity contribution in [2.45, 2.75) is 30.7 Å². The maximum Gasteiger partial charge on any atom is 0.203 e. The molecule has 0 atom stereocenters. The van der Waals surface area contributed by atoms with Crippen molar-refractivity contribution in [3.63, 3.8) is 0 Å². The molecule has 160 valence electrons. The number of hydrogen-bond acceptors (Lipinski definition) is 5. The van der Waals surface area contributed by atoms with Gasteiger partial charge in [-0.1, -0.05) is 18.2 Å². The smallest absolute Gasteiger partial charge is 0.203 e. The Bertz CT molecular complexity index is 1070. The van der Waals surface area contributed by atoms with E-state index in [0.29, 0.717) is 34.3 Å². The lowest BCUT2D eigenvalue weighted by Gasteiger charge is -2.30. The van der Waals surface area contributed by atoms with Gasteiger partial charge in [-0.05, 0) is 61.2 Å². The molecule has 2 aliphatic heterocycles. The molecule has 0 aliphatic carbocycles. The molecule has 5 nitrogen and oxygen atoms in total. The number of nitrogens with zero attached hydrogens (tertiary/aromatic N) is 1. The van der Waals surface area contributed by atoms with Crippen molar-refractivity contribution in [1.82, 2.24) is 4.90 Å². The number of benzene rings is 2. The Labute approximate surface area is 177 Å². The minimum atomic E-state index is -3.50. The third kappa shape index (κ3) is 4.09. The molecule has 2 aliphatic rings. The van der Waals surface area contributed by atoms with E-state index in [1.807, 2.05) is 12.1 Å². The monoisotopic (exact) mass is 431 g/mol. The molecule has 7 heteroatoms. The first kappa shape index (κ1) is 20.9. The third-order valence-electron chi connectivity index (χ3n) is 5.92. The first-order valence-electron chi connectivity index (χ1n) is 10.1. The summed E-state index contributed by atoms with van der Waals surface area (Å²) in [7, 11) is -0.456. The van der Waals surface area contributed by atoms with Gasteiger partial charge in [0.1, 0.15) is 5.82 Å². The average Bonchev–Trinajstić information content (AvgIpc) is 2.97. The van der Waals surface area contributed by atoms with Gasteiger partial charge in [-0.3, -0.25) is 4.90 Å². The van der Waals surface area contributed by atoms with Gasteiger partial charge in [-0.15, -0.1) is 0 Å². The summed E-state index contributed by atoms with van der Waals surface area (Å²) < 4.78 is 50.1. The molecular weight excluding hydrogens is 405 g/mol. The largest absolute Gasteiger partial charge is 0.493 e. The minimum Gasteiger partial charge on any atom is -0.493 e. The zero-order chi connectivity index (χ0) is 21.3. The quantitative estimate of drug-likeness (QED) is 0.717. The SMILES string of the molecule is COc1cc2c(cc1OC)S(=O)(=O)C(=CC1CCN(Cc3cccc(F)c3)CC1)C2. The highest BCUT2D eigenvalue weighted by molar-refractivity contribution is 7.95. The van der Waals surface area contributed by atoms with E-state index >= 15 is 0 Å². The molecule has 30 heavy (non-hydrogen) atoms. The van der Waals surface area contributed by atoms with Gasteiger partial charge in [0.05, 0.1) is 19.1 Å². The van der Waals surface area contributed by atoms with Gasteiger partial charge in [0.25, 0.3) is 0 Å². The fourth-order valence-corrected chi connectivity index (χ4v) is 6.04. The first-order chi connectivity index (χ1) is 14.4. The Morgan fingerprint density at radius 3 is 2.47 bits per heavy atom. The molecule has 0 spiro atoms. The topological polar surface area (TPSA) is 55.8 Å². The number of sulfone groups is 1. The Morgan fingerprint density at radius 2 is 1.80 bits per heavy atom. The molecule has 0 amide bonds. The van der Waals surface area contributed by atoms with Gasteiger partial charge < -0.3 is 9.47 Å². The van der Waals surface area contributed by atoms with E-state index in [0.717, 1.165) is 37.1 Å². The second-order valence-electron chi connectivity index (χ2n) is 7.87. The number of methoxy groups -OCH3 is 2. The molecule has 2 heterocycles. The van der Waals surface area contributed by atoms with Crippen LogP contribution in [0.4, 0.5) is 4.39 Å². The predicted molar refractivity (Wildman–Crippen MR) is 113 cm³/mol. The number of ether oxygens (including phenoxy) is 2. The number of fused-ring (bicyclic) bond motifs is 1. The highest BCUT2D eigenvalue weighted by Gasteiger charge is 2.34. The van der Waals surface area contributed by atoms with Crippen LogP contribution in [0.15, 0.2) is 52.3 Å². The van der Waals surface area contributed by atoms with E-state index in [4.69, 9.17) is 9.47 Å². The highest BCUT2D eigenvalue weighted by atomic mass is 32.2. The molecule has 0 radical (unpaired) electrons. The van der Waals surface area contributed by atoms with E-state index in [9.17, 15) is 12.8 Å². The van der Waals surface area contributed by atoms with Crippen LogP contribution in [0.5, 0.6) is 11.5 Å². The van der Waals surface area contributed by atoms with E-state index < -0.39 is 9.84 Å². The number of likely N-dealkylation sites (tertiary alicyclic amines) is 1. The van der Waals surface area contributed by atoms with Crippen LogP contribution in [0.3, 0.4) is 0 Å². The minimum absolute atomic E-state index is 0.216. The molecule has 1 saturated heterocycles. The normalized spacial score (nSPS) is 20.3. The van der Waals surface area contributed by atoms with Gasteiger partial charge >= 0.3 is 0 Å². The van der Waals surface area contributed by atoms with Gasteiger partial charge in [-0.25, -0.2) is 12.8 Å². The molecule has 4 rings (SSSR count). The molecule has 1 fully saturated rings. The van der Waals surface area contributed by atoms with E-state index in [1.165, 1.54) is 13.2 Å². The van der Waals surface area contributed by atoms with Crippen LogP contribution >= 0.6 is 0 Å². The summed E-state index contributed by atoms with van der Waals surface area (Å²) >= 11 is 0. The number of hydrogen-bond donors (Lipinski definition) is 0. The number of rotatable bonds is 5. The van der Waals surface area contributed by atoms with Crippen molar-refractivity contribution in [1.29, 1.82) is 0 Å². The molecule has 0 aromatic heterocycles. The van der Waals surface area contributed by atoms with Crippen LogP contribution in [-0.2, 0) is 22.8 Å². The Morgan fingerprint density at radius 1 is 1.10 bits per heavy atom. The second-order valence-corrected chi connectivity index (χ2v) is 9.84. The summed E-state index contributed by atoms with van der Waals surface area (Å²) in [4.78, 5) is 3.07. The first-order valence-corrected chi connectivity index (χ1v) is 11.6. The van der Waals surface area contributed by atoms with Crippen LogP contribution in [0.25, 0.3) is 0 Å². The number of halogens is 1. The molecule has 0 unspecified atom stereocenters. The molecule has 2 aromatic rings. The molecule has 0 saturated carbocycles. The van der Waals surface area contributed by atoms with Crippen LogP contribution in [0.1, 0.15) is 24.0 Å². The summed E-state index contributed by atoms with van der Waals surface area (Å²) in [6.07, 6.45) is 4.10. The van der Waals surface area contributed by atoms with Crippen molar-refractivity contribution in [3.8, 4) is 11.5 Å². The lowest BCUT2D eigenvalue weighted by Crippen LogP contribution is -2.32. The van der Waals surface area contributed by atoms with Crippen molar-refractivity contribution in [3.05, 3.63) is 64.3 Å². The summed E-state index contributed by atoms with van der Waals surface area (Å²) in [6.45, 7) is 2.43. The summed E-state index contributed by atoms with van der Waals surface area (Å²) in [6, 6.07) is 10.0. The van der Waals surface area contributed by atoms with E-state index in [2.05, 4.69) is 4.90 Å². The standard InChI is InChI=1S/C23H26FNO4S/c1-28-21-13-18-12-20(30(26,27)23(18)14-22(21)29-2)11-16-6-8-25(9-7-16)15-17-4-3-5-19(24)10-17/h3-5,10-11,13-14,16H,6-9,12,15H2,1-2H3. The second kappa shape index (κ2) is 8.40. The Hall–Kier alpha value is -2.38. The van der Waals surface area contributed by atoms with Gasteiger partial charge in [0, 0.05) is 23.9 Å². The van der Waals surface area contributed by atoms with Gasteiger partial charge in [-0.2, -0.15) is 0 Å². The predicted octanol–water partition coefficient (Wildman–Crippen LogP) is 3.97. The van der Waals surface area contributed by atoms with E-state index in [-0.39, 0.29) is 11.7 Å². The van der Waals surface area contributed by atoms with Crippen molar-refractivity contribution >= 4 is 9.84 Å². The van der Waals surface area contributed by atoms with Gasteiger partial charge in [0.15, 0.2) is 11.5 Å². The molecule has 0 bridgehead atoms. The van der Waals surface area contributed by atoms with Crippen LogP contribution in [0.2, 0.25) is 0 Å².